The fourth-order valence-electron chi connectivity index (χ4n) is 9.50. The van der Waals surface area contributed by atoms with Crippen molar-refractivity contribution in [3.8, 4) is 11.5 Å². The van der Waals surface area contributed by atoms with Crippen LogP contribution in [-0.2, 0) is 16.0 Å². The number of esters is 1. The van der Waals surface area contributed by atoms with Gasteiger partial charge in [-0.15, -0.1) is 0 Å². The van der Waals surface area contributed by atoms with Crippen LogP contribution in [-0.4, -0.2) is 22.8 Å². The standard InChI is InChI=1S/C29H42O4/c1-17-14-20(31)15-19-16-23-28(6)11-8-21-26(3,4)24(32-18(2)30)10-12-27(21,5)22(28)9-13-29(23,7)33-25(17)19/h14-15,21-24,31H,8-13,16H2,1-7H3. The molecule has 1 N–H and O–H groups in total. The number of hydrogen-bond acceptors (Lipinski definition) is 4. The van der Waals surface area contributed by atoms with Crippen molar-refractivity contribution in [3.05, 3.63) is 23.3 Å². The van der Waals surface area contributed by atoms with Crippen LogP contribution in [0.5, 0.6) is 11.5 Å². The van der Waals surface area contributed by atoms with Crippen molar-refractivity contribution in [3.63, 3.8) is 0 Å². The Bertz CT molecular complexity index is 982. The molecule has 1 aromatic carbocycles. The third kappa shape index (κ3) is 3.18. The van der Waals surface area contributed by atoms with E-state index in [1.165, 1.54) is 24.8 Å². The molecule has 0 bridgehead atoms. The summed E-state index contributed by atoms with van der Waals surface area (Å²) < 4.78 is 12.7. The van der Waals surface area contributed by atoms with E-state index in [1.807, 2.05) is 19.1 Å². The van der Waals surface area contributed by atoms with E-state index < -0.39 is 0 Å². The molecule has 0 saturated heterocycles. The van der Waals surface area contributed by atoms with Crippen molar-refractivity contribution < 1.29 is 19.4 Å². The van der Waals surface area contributed by atoms with Gasteiger partial charge in [0.25, 0.3) is 0 Å². The third-order valence-corrected chi connectivity index (χ3v) is 10.9. The molecule has 182 valence electrons. The van der Waals surface area contributed by atoms with Gasteiger partial charge in [-0.3, -0.25) is 4.79 Å². The minimum absolute atomic E-state index is 0.0146. The maximum atomic E-state index is 11.8. The van der Waals surface area contributed by atoms with Crippen LogP contribution in [0.25, 0.3) is 0 Å². The van der Waals surface area contributed by atoms with Gasteiger partial charge in [0.05, 0.1) is 0 Å². The normalized spacial score (nSPS) is 43.2. The summed E-state index contributed by atoms with van der Waals surface area (Å²) in [5.74, 6) is 2.80. The molecule has 0 spiro atoms. The summed E-state index contributed by atoms with van der Waals surface area (Å²) in [5.41, 5.74) is 2.47. The van der Waals surface area contributed by atoms with E-state index in [9.17, 15) is 9.90 Å². The van der Waals surface area contributed by atoms with Crippen molar-refractivity contribution >= 4 is 5.97 Å². The number of rotatable bonds is 1. The second-order valence-electron chi connectivity index (χ2n) is 13.1. The average Bonchev–Trinajstić information content (AvgIpc) is 2.69. The van der Waals surface area contributed by atoms with Crippen LogP contribution in [0.2, 0.25) is 0 Å². The van der Waals surface area contributed by atoms with Gasteiger partial charge in [-0.25, -0.2) is 0 Å². The Morgan fingerprint density at radius 2 is 1.61 bits per heavy atom. The highest BCUT2D eigenvalue weighted by Crippen LogP contribution is 2.71. The Morgan fingerprint density at radius 1 is 0.970 bits per heavy atom. The molecule has 1 aromatic rings. The second kappa shape index (κ2) is 7.15. The van der Waals surface area contributed by atoms with Gasteiger partial charge in [0, 0.05) is 18.3 Å². The number of carbonyl (C=O) groups is 1. The van der Waals surface area contributed by atoms with Gasteiger partial charge in [0.1, 0.15) is 23.2 Å². The highest BCUT2D eigenvalue weighted by atomic mass is 16.5. The van der Waals surface area contributed by atoms with Crippen LogP contribution < -0.4 is 4.74 Å². The van der Waals surface area contributed by atoms with E-state index >= 15 is 0 Å². The molecule has 0 amide bonds. The van der Waals surface area contributed by atoms with Gasteiger partial charge in [0.15, 0.2) is 0 Å². The first-order chi connectivity index (χ1) is 15.3. The Kier molecular flexibility index (Phi) is 4.99. The molecule has 7 atom stereocenters. The molecular weight excluding hydrogens is 412 g/mol. The van der Waals surface area contributed by atoms with E-state index in [0.717, 1.165) is 37.0 Å². The smallest absolute Gasteiger partial charge is 0.302 e. The SMILES string of the molecule is CC(=O)OC1CCC2(C)C(CCC3(C)C4Cc5cc(O)cc(C)c5OC4(C)CCC32)C1(C)C. The van der Waals surface area contributed by atoms with Crippen LogP contribution in [0.15, 0.2) is 12.1 Å². The van der Waals surface area contributed by atoms with E-state index in [4.69, 9.17) is 9.47 Å². The first-order valence-electron chi connectivity index (χ1n) is 13.0. The third-order valence-electron chi connectivity index (χ3n) is 10.9. The molecule has 0 radical (unpaired) electrons. The highest BCUT2D eigenvalue weighted by molar-refractivity contribution is 5.66. The fraction of sp³-hybridized carbons (Fsp3) is 0.759. The molecule has 7 unspecified atom stereocenters. The van der Waals surface area contributed by atoms with E-state index in [-0.39, 0.29) is 33.9 Å². The molecule has 1 aliphatic heterocycles. The summed E-state index contributed by atoms with van der Waals surface area (Å²) in [6, 6.07) is 3.75. The quantitative estimate of drug-likeness (QED) is 0.486. The number of benzene rings is 1. The van der Waals surface area contributed by atoms with Crippen molar-refractivity contribution in [2.24, 2.45) is 34.0 Å². The second-order valence-corrected chi connectivity index (χ2v) is 13.1. The number of aryl methyl sites for hydroxylation is 1. The van der Waals surface area contributed by atoms with Gasteiger partial charge in [-0.05, 0) is 105 Å². The Labute approximate surface area is 199 Å². The predicted molar refractivity (Wildman–Crippen MR) is 129 cm³/mol. The summed E-state index contributed by atoms with van der Waals surface area (Å²) in [7, 11) is 0. The van der Waals surface area contributed by atoms with Crippen molar-refractivity contribution in [1.29, 1.82) is 0 Å². The van der Waals surface area contributed by atoms with Gasteiger partial charge in [-0.1, -0.05) is 27.7 Å². The molecular formula is C29H42O4. The van der Waals surface area contributed by atoms with Crippen LogP contribution >= 0.6 is 0 Å². The average molecular weight is 455 g/mol. The van der Waals surface area contributed by atoms with Gasteiger partial charge in [0.2, 0.25) is 0 Å². The largest absolute Gasteiger partial charge is 0.508 e. The van der Waals surface area contributed by atoms with E-state index in [0.29, 0.717) is 23.5 Å². The number of phenols is 1. The first-order valence-corrected chi connectivity index (χ1v) is 13.0. The van der Waals surface area contributed by atoms with Crippen LogP contribution in [0.4, 0.5) is 0 Å². The number of aromatic hydroxyl groups is 1. The maximum Gasteiger partial charge on any atom is 0.302 e. The lowest BCUT2D eigenvalue weighted by molar-refractivity contribution is -0.228. The lowest BCUT2D eigenvalue weighted by Gasteiger charge is -2.69. The highest BCUT2D eigenvalue weighted by Gasteiger charge is 2.67. The number of phenolic OH excluding ortho intramolecular Hbond substituents is 1. The number of fused-ring (bicyclic) bond motifs is 6. The summed E-state index contributed by atoms with van der Waals surface area (Å²) in [5, 5.41) is 10.3. The Balaban J connectivity index is 1.51. The van der Waals surface area contributed by atoms with Crippen LogP contribution in [0.1, 0.15) is 91.2 Å². The summed E-state index contributed by atoms with van der Waals surface area (Å²) in [4.78, 5) is 11.8. The monoisotopic (exact) mass is 454 g/mol. The van der Waals surface area contributed by atoms with Gasteiger partial charge < -0.3 is 14.6 Å². The molecule has 1 heterocycles. The molecule has 5 rings (SSSR count). The summed E-state index contributed by atoms with van der Waals surface area (Å²) >= 11 is 0. The van der Waals surface area contributed by atoms with Crippen LogP contribution in [0, 0.1) is 40.9 Å². The maximum absolute atomic E-state index is 11.8. The number of carbonyl (C=O) groups excluding carboxylic acids is 1. The topological polar surface area (TPSA) is 55.8 Å². The molecule has 4 aliphatic rings. The Morgan fingerprint density at radius 3 is 2.30 bits per heavy atom. The summed E-state index contributed by atoms with van der Waals surface area (Å²) in [6.07, 6.45) is 7.71. The fourth-order valence-corrected chi connectivity index (χ4v) is 9.50. The van der Waals surface area contributed by atoms with E-state index in [2.05, 4.69) is 34.6 Å². The predicted octanol–water partition coefficient (Wildman–Crippen LogP) is 6.59. The Hall–Kier alpha value is -1.71. The number of ether oxygens (including phenoxy) is 2. The zero-order valence-electron chi connectivity index (χ0n) is 21.6. The van der Waals surface area contributed by atoms with Gasteiger partial charge >= 0.3 is 5.97 Å². The zero-order valence-corrected chi connectivity index (χ0v) is 21.6. The lowest BCUT2D eigenvalue weighted by atomic mass is 9.37. The minimum atomic E-state index is -0.159. The molecule has 4 heteroatoms. The molecule has 0 aromatic heterocycles. The molecule has 3 aliphatic carbocycles. The van der Waals surface area contributed by atoms with Crippen LogP contribution in [0.3, 0.4) is 0 Å². The molecule has 33 heavy (non-hydrogen) atoms. The lowest BCUT2D eigenvalue weighted by Crippen LogP contribution is -2.66. The first kappa shape index (κ1) is 23.1. The zero-order chi connectivity index (χ0) is 24.0. The minimum Gasteiger partial charge on any atom is -0.508 e. The van der Waals surface area contributed by atoms with Crippen molar-refractivity contribution in [2.75, 3.05) is 0 Å². The molecule has 3 saturated carbocycles. The van der Waals surface area contributed by atoms with Crippen molar-refractivity contribution in [2.45, 2.75) is 105 Å². The molecule has 4 nitrogen and oxygen atoms in total. The van der Waals surface area contributed by atoms with Gasteiger partial charge in [-0.2, -0.15) is 0 Å². The van der Waals surface area contributed by atoms with Crippen molar-refractivity contribution in [1.82, 2.24) is 0 Å². The summed E-state index contributed by atoms with van der Waals surface area (Å²) in [6.45, 7) is 15.7. The number of hydrogen-bond donors (Lipinski definition) is 1. The van der Waals surface area contributed by atoms with E-state index in [1.54, 1.807) is 6.92 Å². The molecule has 3 fully saturated rings.